The minimum Gasteiger partial charge on any atom is -0.318 e. The molecule has 0 aliphatic heterocycles. The highest BCUT2D eigenvalue weighted by molar-refractivity contribution is 6.31. The number of hydrazine groups is 1. The number of pyridine rings is 1. The van der Waals surface area contributed by atoms with Crippen LogP contribution in [0.2, 0.25) is 5.02 Å². The molecular weight excluding hydrogens is 285 g/mol. The molecule has 1 amide bonds. The van der Waals surface area contributed by atoms with Crippen molar-refractivity contribution in [1.82, 2.24) is 9.99 Å². The van der Waals surface area contributed by atoms with E-state index < -0.39 is 11.7 Å². The number of hydrogen-bond acceptors (Lipinski definition) is 3. The molecule has 104 valence electrons. The first-order valence-electron chi connectivity index (χ1n) is 5.65. The third kappa shape index (κ3) is 3.16. The van der Waals surface area contributed by atoms with Crippen molar-refractivity contribution in [2.45, 2.75) is 0 Å². The van der Waals surface area contributed by atoms with E-state index in [2.05, 4.69) is 10.9 Å². The molecule has 2 aromatic rings. The summed E-state index contributed by atoms with van der Waals surface area (Å²) in [6.07, 6.45) is 1.41. The van der Waals surface area contributed by atoms with Gasteiger partial charge in [-0.25, -0.2) is 4.39 Å². The van der Waals surface area contributed by atoms with E-state index in [0.29, 0.717) is 11.3 Å². The number of halogens is 2. The Hall–Kier alpha value is -2.34. The summed E-state index contributed by atoms with van der Waals surface area (Å²) in [4.78, 5) is 23.0. The average molecular weight is 296 g/mol. The maximum Gasteiger partial charge on any atom is 0.271 e. The smallest absolute Gasteiger partial charge is 0.271 e. The Bertz CT molecular complexity index is 715. The van der Waals surface area contributed by atoms with Crippen LogP contribution >= 0.6 is 11.6 Å². The van der Waals surface area contributed by atoms with Crippen molar-refractivity contribution in [1.29, 1.82) is 0 Å². The number of carbonyl (C=O) groups excluding carboxylic acids is 1. The molecular formula is C13H11ClFN3O2. The zero-order valence-electron chi connectivity index (χ0n) is 10.5. The monoisotopic (exact) mass is 295 g/mol. The first-order valence-corrected chi connectivity index (χ1v) is 6.03. The fourth-order valence-corrected chi connectivity index (χ4v) is 1.68. The van der Waals surface area contributed by atoms with E-state index in [1.54, 1.807) is 7.05 Å². The van der Waals surface area contributed by atoms with Gasteiger partial charge in [-0.05, 0) is 24.3 Å². The molecule has 2 N–H and O–H groups in total. The van der Waals surface area contributed by atoms with Crippen LogP contribution in [0.15, 0.2) is 41.3 Å². The van der Waals surface area contributed by atoms with Crippen LogP contribution in [-0.2, 0) is 7.05 Å². The summed E-state index contributed by atoms with van der Waals surface area (Å²) in [6, 6.07) is 6.67. The Labute approximate surface area is 119 Å². The van der Waals surface area contributed by atoms with Crippen molar-refractivity contribution in [2.24, 2.45) is 7.05 Å². The van der Waals surface area contributed by atoms with Gasteiger partial charge < -0.3 is 4.57 Å². The highest BCUT2D eigenvalue weighted by atomic mass is 35.5. The van der Waals surface area contributed by atoms with Crippen molar-refractivity contribution in [2.75, 3.05) is 5.43 Å². The van der Waals surface area contributed by atoms with Gasteiger partial charge in [0, 0.05) is 19.3 Å². The highest BCUT2D eigenvalue weighted by Gasteiger charge is 2.07. The first kappa shape index (κ1) is 14.1. The Balaban J connectivity index is 2.06. The number of aryl methyl sites for hydroxylation is 1. The molecule has 0 spiro atoms. The molecule has 1 aromatic carbocycles. The highest BCUT2D eigenvalue weighted by Crippen LogP contribution is 2.18. The summed E-state index contributed by atoms with van der Waals surface area (Å²) in [6.45, 7) is 0. The predicted octanol–water partition coefficient (Wildman–Crippen LogP) is 1.93. The topological polar surface area (TPSA) is 63.1 Å². The number of amides is 1. The van der Waals surface area contributed by atoms with Crippen molar-refractivity contribution in [3.05, 3.63) is 63.3 Å². The second-order valence-corrected chi connectivity index (χ2v) is 4.48. The van der Waals surface area contributed by atoms with Crippen LogP contribution in [-0.4, -0.2) is 10.5 Å². The average Bonchev–Trinajstić information content (AvgIpc) is 2.43. The molecule has 0 radical (unpaired) electrons. The maximum atomic E-state index is 13.0. The van der Waals surface area contributed by atoms with E-state index in [-0.39, 0.29) is 10.6 Å². The molecule has 0 unspecified atom stereocenters. The van der Waals surface area contributed by atoms with Gasteiger partial charge in [0.1, 0.15) is 5.82 Å². The van der Waals surface area contributed by atoms with Crippen molar-refractivity contribution >= 4 is 23.2 Å². The van der Waals surface area contributed by atoms with E-state index in [1.807, 2.05) is 0 Å². The molecule has 0 fully saturated rings. The molecule has 7 heteroatoms. The Morgan fingerprint density at radius 1 is 1.30 bits per heavy atom. The molecule has 0 bridgehead atoms. The minimum atomic E-state index is -0.540. The standard InChI is InChI=1S/C13H11ClFN3O2/c1-18-7-8(2-5-12(18)19)13(20)17-16-9-3-4-11(15)10(14)6-9/h2-7,16H,1H3,(H,17,20). The molecule has 5 nitrogen and oxygen atoms in total. The number of rotatable bonds is 3. The zero-order chi connectivity index (χ0) is 14.7. The molecule has 0 aliphatic carbocycles. The fourth-order valence-electron chi connectivity index (χ4n) is 1.50. The van der Waals surface area contributed by atoms with E-state index in [1.165, 1.54) is 41.1 Å². The van der Waals surface area contributed by atoms with Gasteiger partial charge in [-0.2, -0.15) is 0 Å². The van der Waals surface area contributed by atoms with E-state index in [4.69, 9.17) is 11.6 Å². The van der Waals surface area contributed by atoms with E-state index in [9.17, 15) is 14.0 Å². The van der Waals surface area contributed by atoms with Crippen LogP contribution in [0.5, 0.6) is 0 Å². The quantitative estimate of drug-likeness (QED) is 0.851. The molecule has 0 saturated heterocycles. The summed E-state index contributed by atoms with van der Waals surface area (Å²) >= 11 is 5.62. The number of hydrogen-bond donors (Lipinski definition) is 2. The SMILES string of the molecule is Cn1cc(C(=O)NNc2ccc(F)c(Cl)c2)ccc1=O. The lowest BCUT2D eigenvalue weighted by Crippen LogP contribution is -2.30. The van der Waals surface area contributed by atoms with Crippen molar-refractivity contribution in [3.8, 4) is 0 Å². The minimum absolute atomic E-state index is 0.0497. The van der Waals surface area contributed by atoms with Gasteiger partial charge in [0.15, 0.2) is 0 Å². The molecule has 0 atom stereocenters. The van der Waals surface area contributed by atoms with Crippen LogP contribution < -0.4 is 16.4 Å². The van der Waals surface area contributed by atoms with Crippen LogP contribution in [0, 0.1) is 5.82 Å². The van der Waals surface area contributed by atoms with Crippen LogP contribution in [0.25, 0.3) is 0 Å². The molecule has 1 aromatic heterocycles. The summed E-state index contributed by atoms with van der Waals surface area (Å²) in [5.74, 6) is -0.970. The molecule has 0 saturated carbocycles. The van der Waals surface area contributed by atoms with Gasteiger partial charge in [0.05, 0.1) is 16.3 Å². The number of nitrogens with zero attached hydrogens (tertiary/aromatic N) is 1. The van der Waals surface area contributed by atoms with Gasteiger partial charge in [0.25, 0.3) is 5.91 Å². The van der Waals surface area contributed by atoms with Crippen LogP contribution in [0.1, 0.15) is 10.4 Å². The Morgan fingerprint density at radius 2 is 2.05 bits per heavy atom. The normalized spacial score (nSPS) is 10.2. The number of aromatic nitrogens is 1. The van der Waals surface area contributed by atoms with Crippen molar-refractivity contribution < 1.29 is 9.18 Å². The lowest BCUT2D eigenvalue weighted by molar-refractivity contribution is 0.0962. The summed E-state index contributed by atoms with van der Waals surface area (Å²) in [7, 11) is 1.55. The van der Waals surface area contributed by atoms with Crippen LogP contribution in [0.3, 0.4) is 0 Å². The molecule has 20 heavy (non-hydrogen) atoms. The second kappa shape index (κ2) is 5.75. The lowest BCUT2D eigenvalue weighted by atomic mass is 10.3. The Morgan fingerprint density at radius 3 is 2.70 bits per heavy atom. The predicted molar refractivity (Wildman–Crippen MR) is 74.2 cm³/mol. The van der Waals surface area contributed by atoms with E-state index >= 15 is 0 Å². The summed E-state index contributed by atoms with van der Waals surface area (Å²) in [5, 5.41) is -0.0497. The number of benzene rings is 1. The van der Waals surface area contributed by atoms with E-state index in [0.717, 1.165) is 0 Å². The first-order chi connectivity index (χ1) is 9.47. The number of anilines is 1. The van der Waals surface area contributed by atoms with Gasteiger partial charge in [-0.15, -0.1) is 0 Å². The van der Waals surface area contributed by atoms with Gasteiger partial charge in [-0.3, -0.25) is 20.4 Å². The summed E-state index contributed by atoms with van der Waals surface area (Å²) in [5.41, 5.74) is 5.57. The second-order valence-electron chi connectivity index (χ2n) is 4.07. The Kier molecular flexibility index (Phi) is 4.05. The molecule has 1 heterocycles. The van der Waals surface area contributed by atoms with Crippen LogP contribution in [0.4, 0.5) is 10.1 Å². The van der Waals surface area contributed by atoms with Crippen molar-refractivity contribution in [3.63, 3.8) is 0 Å². The fraction of sp³-hybridized carbons (Fsp3) is 0.0769. The summed E-state index contributed by atoms with van der Waals surface area (Å²) < 4.78 is 14.3. The lowest BCUT2D eigenvalue weighted by Gasteiger charge is -2.09. The van der Waals surface area contributed by atoms with Gasteiger partial charge >= 0.3 is 0 Å². The zero-order valence-corrected chi connectivity index (χ0v) is 11.2. The van der Waals surface area contributed by atoms with Gasteiger partial charge in [0.2, 0.25) is 5.56 Å². The van der Waals surface area contributed by atoms with Gasteiger partial charge in [-0.1, -0.05) is 11.6 Å². The maximum absolute atomic E-state index is 13.0. The number of carbonyl (C=O) groups is 1. The third-order valence-corrected chi connectivity index (χ3v) is 2.88. The molecule has 0 aliphatic rings. The number of nitrogens with one attached hydrogen (secondary N) is 2. The molecule has 2 rings (SSSR count). The third-order valence-electron chi connectivity index (χ3n) is 2.59. The largest absolute Gasteiger partial charge is 0.318 e.